The third-order valence-corrected chi connectivity index (χ3v) is 3.01. The van der Waals surface area contributed by atoms with Gasteiger partial charge in [-0.05, 0) is 13.0 Å². The lowest BCUT2D eigenvalue weighted by Crippen LogP contribution is -2.27. The van der Waals surface area contributed by atoms with Crippen molar-refractivity contribution in [2.75, 3.05) is 13.2 Å². The third kappa shape index (κ3) is 5.21. The number of carbonyl (C=O) groups excluding carboxylic acids is 1. The number of amides is 1. The van der Waals surface area contributed by atoms with Crippen molar-refractivity contribution in [3.8, 4) is 5.88 Å². The van der Waals surface area contributed by atoms with Crippen molar-refractivity contribution in [3.05, 3.63) is 36.0 Å². The van der Waals surface area contributed by atoms with Crippen LogP contribution in [0.3, 0.4) is 0 Å². The molecule has 0 aliphatic heterocycles. The Labute approximate surface area is 135 Å². The zero-order valence-corrected chi connectivity index (χ0v) is 12.9. The number of aryl methyl sites for hydroxylation is 1. The van der Waals surface area contributed by atoms with Gasteiger partial charge in [0.2, 0.25) is 5.88 Å². The molecule has 1 amide bonds. The van der Waals surface area contributed by atoms with Gasteiger partial charge in [-0.25, -0.2) is 4.98 Å². The quantitative estimate of drug-likeness (QED) is 0.826. The van der Waals surface area contributed by atoms with Crippen LogP contribution in [-0.2, 0) is 13.0 Å². The lowest BCUT2D eigenvalue weighted by molar-refractivity contribution is -0.154. The average Bonchev–Trinajstić information content (AvgIpc) is 3.00. The van der Waals surface area contributed by atoms with Crippen LogP contribution in [0.4, 0.5) is 13.2 Å². The van der Waals surface area contributed by atoms with Crippen LogP contribution < -0.4 is 10.1 Å². The number of rotatable bonds is 7. The van der Waals surface area contributed by atoms with Gasteiger partial charge < -0.3 is 14.6 Å². The molecule has 2 heterocycles. The highest BCUT2D eigenvalue weighted by molar-refractivity contribution is 5.92. The normalized spacial score (nSPS) is 11.3. The fraction of sp³-hybridized carbons (Fsp3) is 0.429. The summed E-state index contributed by atoms with van der Waals surface area (Å²) in [6, 6.07) is 4.05. The molecule has 0 aliphatic carbocycles. The van der Waals surface area contributed by atoms with Crippen LogP contribution in [0.5, 0.6) is 5.88 Å². The van der Waals surface area contributed by atoms with Crippen molar-refractivity contribution in [1.29, 1.82) is 0 Å². The predicted molar refractivity (Wildman–Crippen MR) is 77.5 cm³/mol. The second-order valence-corrected chi connectivity index (χ2v) is 4.80. The maximum atomic E-state index is 12.1. The van der Waals surface area contributed by atoms with Gasteiger partial charge in [0, 0.05) is 25.6 Å². The van der Waals surface area contributed by atoms with Gasteiger partial charge >= 0.3 is 6.18 Å². The summed E-state index contributed by atoms with van der Waals surface area (Å²) in [4.78, 5) is 15.7. The van der Waals surface area contributed by atoms with E-state index in [0.29, 0.717) is 13.0 Å². The Morgan fingerprint density at radius 1 is 1.38 bits per heavy atom. The number of pyridine rings is 1. The van der Waals surface area contributed by atoms with E-state index < -0.39 is 18.7 Å². The van der Waals surface area contributed by atoms with Crippen molar-refractivity contribution < 1.29 is 22.7 Å². The fourth-order valence-electron chi connectivity index (χ4n) is 1.89. The molecular formula is C14H16F3N5O2. The Morgan fingerprint density at radius 3 is 2.88 bits per heavy atom. The molecule has 0 aromatic carbocycles. The first kappa shape index (κ1) is 17.7. The van der Waals surface area contributed by atoms with Gasteiger partial charge in [0.05, 0.1) is 0 Å². The van der Waals surface area contributed by atoms with Crippen molar-refractivity contribution in [2.24, 2.45) is 0 Å². The van der Waals surface area contributed by atoms with Crippen molar-refractivity contribution in [3.63, 3.8) is 0 Å². The van der Waals surface area contributed by atoms with Crippen LogP contribution in [0, 0.1) is 0 Å². The molecule has 0 bridgehead atoms. The molecule has 2 rings (SSSR count). The maximum absolute atomic E-state index is 12.1. The summed E-state index contributed by atoms with van der Waals surface area (Å²) >= 11 is 0. The number of hydrogen-bond donors (Lipinski definition) is 1. The summed E-state index contributed by atoms with van der Waals surface area (Å²) in [6.07, 6.45) is -2.39. The van der Waals surface area contributed by atoms with E-state index in [0.717, 1.165) is 12.4 Å². The fourth-order valence-corrected chi connectivity index (χ4v) is 1.89. The van der Waals surface area contributed by atoms with Gasteiger partial charge in [-0.3, -0.25) is 4.79 Å². The Balaban J connectivity index is 1.88. The first-order chi connectivity index (χ1) is 11.4. The van der Waals surface area contributed by atoms with Crippen molar-refractivity contribution >= 4 is 5.91 Å². The standard InChI is InChI=1S/C14H16F3N5O2/c1-2-22-9-19-21-11(22)6-7-18-13(23)10-4-3-5-12(20-10)24-8-14(15,16)17/h3-5,9H,2,6-8H2,1H3,(H,18,23). The van der Waals surface area contributed by atoms with Gasteiger partial charge in [-0.2, -0.15) is 13.2 Å². The van der Waals surface area contributed by atoms with Crippen LogP contribution in [0.15, 0.2) is 24.5 Å². The summed E-state index contributed by atoms with van der Waals surface area (Å²) < 4.78 is 42.7. The van der Waals surface area contributed by atoms with Crippen LogP contribution in [-0.4, -0.2) is 45.0 Å². The largest absolute Gasteiger partial charge is 0.468 e. The van der Waals surface area contributed by atoms with E-state index in [1.165, 1.54) is 18.2 Å². The first-order valence-corrected chi connectivity index (χ1v) is 7.20. The second kappa shape index (κ2) is 7.75. The van der Waals surface area contributed by atoms with E-state index in [2.05, 4.69) is 25.2 Å². The van der Waals surface area contributed by atoms with E-state index >= 15 is 0 Å². The number of nitrogens with zero attached hydrogens (tertiary/aromatic N) is 4. The van der Waals surface area contributed by atoms with E-state index in [1.54, 1.807) is 6.33 Å². The smallest absolute Gasteiger partial charge is 0.422 e. The van der Waals surface area contributed by atoms with Gasteiger partial charge in [-0.15, -0.1) is 10.2 Å². The van der Waals surface area contributed by atoms with E-state index in [1.807, 2.05) is 11.5 Å². The highest BCUT2D eigenvalue weighted by atomic mass is 19.4. The second-order valence-electron chi connectivity index (χ2n) is 4.80. The molecule has 0 saturated carbocycles. The number of halogens is 3. The zero-order valence-electron chi connectivity index (χ0n) is 12.9. The number of alkyl halides is 3. The molecule has 2 aromatic heterocycles. The number of carbonyl (C=O) groups is 1. The molecule has 0 aliphatic rings. The molecule has 0 fully saturated rings. The highest BCUT2D eigenvalue weighted by Gasteiger charge is 2.28. The third-order valence-electron chi connectivity index (χ3n) is 3.01. The SMILES string of the molecule is CCn1cnnc1CCNC(=O)c1cccc(OCC(F)(F)F)n1. The minimum atomic E-state index is -4.46. The molecule has 24 heavy (non-hydrogen) atoms. The molecule has 130 valence electrons. The molecule has 0 atom stereocenters. The minimum Gasteiger partial charge on any atom is -0.468 e. The molecule has 1 N–H and O–H groups in total. The topological polar surface area (TPSA) is 81.9 Å². The Hall–Kier alpha value is -2.65. The van der Waals surface area contributed by atoms with E-state index in [4.69, 9.17) is 0 Å². The monoisotopic (exact) mass is 343 g/mol. The van der Waals surface area contributed by atoms with E-state index in [-0.39, 0.29) is 11.6 Å². The van der Waals surface area contributed by atoms with Crippen LogP contribution in [0.25, 0.3) is 0 Å². The number of aromatic nitrogens is 4. The van der Waals surface area contributed by atoms with Gasteiger partial charge in [-0.1, -0.05) is 6.07 Å². The molecule has 2 aromatic rings. The molecule has 0 unspecified atom stereocenters. The van der Waals surface area contributed by atoms with Crippen LogP contribution >= 0.6 is 0 Å². The van der Waals surface area contributed by atoms with Crippen molar-refractivity contribution in [2.45, 2.75) is 26.1 Å². The van der Waals surface area contributed by atoms with Crippen molar-refractivity contribution in [1.82, 2.24) is 25.1 Å². The Kier molecular flexibility index (Phi) is 5.72. The summed E-state index contributed by atoms with van der Waals surface area (Å²) in [5.74, 6) is -0.0336. The zero-order chi connectivity index (χ0) is 17.6. The van der Waals surface area contributed by atoms with Gasteiger partial charge in [0.25, 0.3) is 5.91 Å². The maximum Gasteiger partial charge on any atom is 0.422 e. The minimum absolute atomic E-state index is 0.0216. The predicted octanol–water partition coefficient (Wildman–Crippen LogP) is 1.61. The van der Waals surface area contributed by atoms with Crippen LogP contribution in [0.2, 0.25) is 0 Å². The summed E-state index contributed by atoms with van der Waals surface area (Å²) in [7, 11) is 0. The van der Waals surface area contributed by atoms with Gasteiger partial charge in [0.15, 0.2) is 6.61 Å². The summed E-state index contributed by atoms with van der Waals surface area (Å²) in [5.41, 5.74) is -0.0216. The Bertz CT molecular complexity index is 687. The first-order valence-electron chi connectivity index (χ1n) is 7.20. The molecule has 0 saturated heterocycles. The lowest BCUT2D eigenvalue weighted by atomic mass is 10.3. The summed E-state index contributed by atoms with van der Waals surface area (Å²) in [6.45, 7) is 1.50. The van der Waals surface area contributed by atoms with E-state index in [9.17, 15) is 18.0 Å². The highest BCUT2D eigenvalue weighted by Crippen LogP contribution is 2.17. The number of nitrogens with one attached hydrogen (secondary N) is 1. The number of ether oxygens (including phenoxy) is 1. The summed E-state index contributed by atoms with van der Waals surface area (Å²) in [5, 5.41) is 10.3. The molecular weight excluding hydrogens is 327 g/mol. The number of hydrogen-bond acceptors (Lipinski definition) is 5. The van der Waals surface area contributed by atoms with Gasteiger partial charge in [0.1, 0.15) is 17.8 Å². The molecule has 0 radical (unpaired) electrons. The molecule has 10 heteroatoms. The lowest BCUT2D eigenvalue weighted by Gasteiger charge is -2.09. The molecule has 0 spiro atoms. The Morgan fingerprint density at radius 2 is 2.17 bits per heavy atom. The average molecular weight is 343 g/mol. The van der Waals surface area contributed by atoms with Crippen LogP contribution in [0.1, 0.15) is 23.2 Å². The molecule has 7 nitrogen and oxygen atoms in total.